The van der Waals surface area contributed by atoms with Crippen LogP contribution in [0.3, 0.4) is 0 Å². The van der Waals surface area contributed by atoms with Crippen LogP contribution in [-0.4, -0.2) is 35.2 Å². The average molecular weight is 597 g/mol. The van der Waals surface area contributed by atoms with Crippen LogP contribution in [0.2, 0.25) is 10.0 Å². The van der Waals surface area contributed by atoms with Crippen molar-refractivity contribution in [3.8, 4) is 5.75 Å². The molecule has 0 aliphatic carbocycles. The zero-order chi connectivity index (χ0) is 25.1. The van der Waals surface area contributed by atoms with Gasteiger partial charge in [-0.15, -0.1) is 0 Å². The molecule has 1 amide bonds. The van der Waals surface area contributed by atoms with Gasteiger partial charge < -0.3 is 19.7 Å². The molecular weight excluding hydrogens is 577 g/mol. The van der Waals surface area contributed by atoms with Crippen molar-refractivity contribution < 1.29 is 19.1 Å². The van der Waals surface area contributed by atoms with Gasteiger partial charge in [-0.05, 0) is 49.6 Å². The summed E-state index contributed by atoms with van der Waals surface area (Å²) >= 11 is 17.2. The number of halogens is 3. The molecule has 0 fully saturated rings. The van der Waals surface area contributed by atoms with Crippen LogP contribution < -0.4 is 10.1 Å². The number of benzene rings is 2. The van der Waals surface area contributed by atoms with Crippen LogP contribution in [0.4, 0.5) is 5.69 Å². The van der Waals surface area contributed by atoms with Crippen molar-refractivity contribution in [2.24, 2.45) is 4.99 Å². The summed E-state index contributed by atoms with van der Waals surface area (Å²) < 4.78 is 12.1. The first-order chi connectivity index (χ1) is 16.8. The molecule has 0 bridgehead atoms. The number of hydrogen-bond acceptors (Lipinski definition) is 7. The summed E-state index contributed by atoms with van der Waals surface area (Å²) in [5, 5.41) is 5.92. The Morgan fingerprint density at radius 1 is 1.26 bits per heavy atom. The summed E-state index contributed by atoms with van der Waals surface area (Å²) in [5.74, 6) is -0.433. The van der Waals surface area contributed by atoms with Crippen molar-refractivity contribution in [3.05, 3.63) is 79.4 Å². The number of hydrogen-bond donors (Lipinski definition) is 1. The maximum absolute atomic E-state index is 13.0. The first kappa shape index (κ1) is 25.6. The van der Waals surface area contributed by atoms with Crippen LogP contribution in [0, 0.1) is 0 Å². The topological polar surface area (TPSA) is 80.2 Å². The number of nitrogens with zero attached hydrogens (tertiary/aromatic N) is 2. The minimum absolute atomic E-state index is 0.234. The molecule has 0 spiro atoms. The van der Waals surface area contributed by atoms with Gasteiger partial charge in [0.15, 0.2) is 11.8 Å². The van der Waals surface area contributed by atoms with Crippen molar-refractivity contribution in [2.75, 3.05) is 18.5 Å². The number of aliphatic imine (C=N–C) groups is 1. The minimum atomic E-state index is -0.550. The number of carbonyl (C=O) groups is 2. The Morgan fingerprint density at radius 3 is 2.83 bits per heavy atom. The average Bonchev–Trinajstić information content (AvgIpc) is 3.28. The van der Waals surface area contributed by atoms with Crippen LogP contribution in [0.25, 0.3) is 0 Å². The number of thioether (sulfide) groups is 1. The van der Waals surface area contributed by atoms with E-state index in [1.807, 2.05) is 22.6 Å². The van der Waals surface area contributed by atoms with Gasteiger partial charge in [-0.25, -0.2) is 9.79 Å². The molecular formula is C24H20BrCl2N3O4S. The highest BCUT2D eigenvalue weighted by Crippen LogP contribution is 2.44. The molecule has 0 saturated carbocycles. The van der Waals surface area contributed by atoms with E-state index in [-0.39, 0.29) is 18.2 Å². The highest BCUT2D eigenvalue weighted by atomic mass is 79.9. The number of carbonyl (C=O) groups excluding carboxylic acids is 2. The fourth-order valence-corrected chi connectivity index (χ4v) is 5.19. The highest BCUT2D eigenvalue weighted by Gasteiger charge is 2.39. The van der Waals surface area contributed by atoms with Crippen LogP contribution in [-0.2, 0) is 14.3 Å². The highest BCUT2D eigenvalue weighted by molar-refractivity contribution is 9.10. The number of fused-ring (bicyclic) bond motifs is 1. The van der Waals surface area contributed by atoms with E-state index < -0.39 is 17.9 Å². The molecule has 0 aromatic heterocycles. The van der Waals surface area contributed by atoms with Gasteiger partial charge in [-0.2, -0.15) is 0 Å². The number of allylic oxidation sites excluding steroid dienone is 1. The summed E-state index contributed by atoms with van der Waals surface area (Å²) in [5.41, 5.74) is 2.03. The molecule has 0 saturated heterocycles. The Kier molecular flexibility index (Phi) is 8.11. The lowest BCUT2D eigenvalue weighted by atomic mass is 9.94. The van der Waals surface area contributed by atoms with Gasteiger partial charge in [-0.1, -0.05) is 57.0 Å². The number of nitrogens with one attached hydrogen (secondary N) is 1. The Morgan fingerprint density at radius 2 is 2.06 bits per heavy atom. The van der Waals surface area contributed by atoms with Gasteiger partial charge in [0, 0.05) is 16.2 Å². The summed E-state index contributed by atoms with van der Waals surface area (Å²) in [4.78, 5) is 32.0. The fraction of sp³-hybridized carbons (Fsp3) is 0.208. The maximum Gasteiger partial charge on any atom is 0.338 e. The summed E-state index contributed by atoms with van der Waals surface area (Å²) in [6.07, 6.45) is 1.86. The number of ether oxygens (including phenoxy) is 2. The van der Waals surface area contributed by atoms with Crippen molar-refractivity contribution in [3.63, 3.8) is 0 Å². The second kappa shape index (κ2) is 11.1. The van der Waals surface area contributed by atoms with Crippen molar-refractivity contribution in [1.29, 1.82) is 0 Å². The Hall–Kier alpha value is -2.46. The van der Waals surface area contributed by atoms with E-state index in [0.717, 1.165) is 9.64 Å². The van der Waals surface area contributed by atoms with Crippen LogP contribution >= 0.6 is 50.9 Å². The number of amides is 1. The van der Waals surface area contributed by atoms with E-state index in [4.69, 9.17) is 32.7 Å². The van der Waals surface area contributed by atoms with E-state index in [9.17, 15) is 9.59 Å². The second-order valence-electron chi connectivity index (χ2n) is 7.45. The Labute approximate surface area is 225 Å². The molecule has 2 heterocycles. The number of amidine groups is 1. The number of anilines is 1. The zero-order valence-corrected chi connectivity index (χ0v) is 22.6. The van der Waals surface area contributed by atoms with Crippen LogP contribution in [0.1, 0.15) is 25.5 Å². The predicted molar refractivity (Wildman–Crippen MR) is 143 cm³/mol. The van der Waals surface area contributed by atoms with E-state index in [1.54, 1.807) is 44.2 Å². The van der Waals surface area contributed by atoms with E-state index in [1.165, 1.54) is 11.8 Å². The van der Waals surface area contributed by atoms with Crippen LogP contribution in [0.5, 0.6) is 5.75 Å². The van der Waals surface area contributed by atoms with Crippen LogP contribution in [0.15, 0.2) is 68.7 Å². The normalized spacial score (nSPS) is 16.7. The molecule has 2 aromatic rings. The molecule has 4 rings (SSSR count). The molecule has 182 valence electrons. The first-order valence-electron chi connectivity index (χ1n) is 10.5. The fourth-order valence-electron chi connectivity index (χ4n) is 3.67. The van der Waals surface area contributed by atoms with Crippen molar-refractivity contribution >= 4 is 73.6 Å². The quantitative estimate of drug-likeness (QED) is 0.366. The van der Waals surface area contributed by atoms with Gasteiger partial charge in [0.1, 0.15) is 5.75 Å². The summed E-state index contributed by atoms with van der Waals surface area (Å²) in [7, 11) is 0. The van der Waals surface area contributed by atoms with E-state index in [0.29, 0.717) is 33.3 Å². The van der Waals surface area contributed by atoms with E-state index >= 15 is 0 Å². The lowest BCUT2D eigenvalue weighted by Gasteiger charge is -2.34. The summed E-state index contributed by atoms with van der Waals surface area (Å²) in [6, 6.07) is 9.83. The van der Waals surface area contributed by atoms with Crippen molar-refractivity contribution in [1.82, 2.24) is 4.90 Å². The van der Waals surface area contributed by atoms with Crippen molar-refractivity contribution in [2.45, 2.75) is 19.9 Å². The molecule has 2 aliphatic heterocycles. The van der Waals surface area contributed by atoms with Gasteiger partial charge in [0.05, 0.1) is 39.7 Å². The lowest BCUT2D eigenvalue weighted by molar-refractivity contribution is -0.139. The first-order valence-corrected chi connectivity index (χ1v) is 13.0. The molecule has 2 aromatic carbocycles. The minimum Gasteiger partial charge on any atom is -0.483 e. The predicted octanol–water partition coefficient (Wildman–Crippen LogP) is 6.54. The number of rotatable bonds is 7. The monoisotopic (exact) mass is 595 g/mol. The largest absolute Gasteiger partial charge is 0.483 e. The molecule has 1 atom stereocenters. The second-order valence-corrected chi connectivity index (χ2v) is 10.0. The Bertz CT molecular complexity index is 1280. The third kappa shape index (κ3) is 5.53. The molecule has 2 aliphatic rings. The molecule has 7 nitrogen and oxygen atoms in total. The van der Waals surface area contributed by atoms with Gasteiger partial charge in [0.2, 0.25) is 0 Å². The maximum atomic E-state index is 13.0. The van der Waals surface area contributed by atoms with E-state index in [2.05, 4.69) is 26.2 Å². The lowest BCUT2D eigenvalue weighted by Crippen LogP contribution is -2.34. The standard InChI is InChI=1S/C24H20BrCl2N3O4S/c1-3-33-23(32)20-13(2)28-24-30(9-10-35-24)22(20)15-11-14(25)7-8-18(15)34-12-19(31)29-17-6-4-5-16(26)21(17)27/h4-11,22H,3,12H2,1-2H3,(H,29,31)/t22-/m0/s1. The third-order valence-electron chi connectivity index (χ3n) is 5.17. The summed E-state index contributed by atoms with van der Waals surface area (Å²) in [6.45, 7) is 3.48. The molecule has 11 heteroatoms. The van der Waals surface area contributed by atoms with Gasteiger partial charge in [0.25, 0.3) is 5.91 Å². The SMILES string of the molecule is CCOC(=O)C1=C(C)N=C2SC=CN2[C@H]1c1cc(Br)ccc1OCC(=O)Nc1cccc(Cl)c1Cl. The third-order valence-corrected chi connectivity index (χ3v) is 7.25. The smallest absolute Gasteiger partial charge is 0.338 e. The Balaban J connectivity index is 1.64. The van der Waals surface area contributed by atoms with Gasteiger partial charge >= 0.3 is 5.97 Å². The zero-order valence-electron chi connectivity index (χ0n) is 18.7. The molecule has 0 radical (unpaired) electrons. The number of esters is 1. The molecule has 35 heavy (non-hydrogen) atoms. The molecule has 0 unspecified atom stereocenters. The molecule has 1 N–H and O–H groups in total. The van der Waals surface area contributed by atoms with Gasteiger partial charge in [-0.3, -0.25) is 4.79 Å².